The molecule has 0 radical (unpaired) electrons. The van der Waals surface area contributed by atoms with Gasteiger partial charge < -0.3 is 4.90 Å². The van der Waals surface area contributed by atoms with Crippen molar-refractivity contribution in [3.63, 3.8) is 0 Å². The highest BCUT2D eigenvalue weighted by molar-refractivity contribution is 5.95. The van der Waals surface area contributed by atoms with Crippen molar-refractivity contribution in [1.29, 1.82) is 0 Å². The molecule has 1 aliphatic heterocycles. The normalized spacial score (nSPS) is 15.0. The Hall–Kier alpha value is -2.83. The third kappa shape index (κ3) is 3.99. The van der Waals surface area contributed by atoms with Gasteiger partial charge in [-0.2, -0.15) is 5.10 Å². The third-order valence-electron chi connectivity index (χ3n) is 4.50. The van der Waals surface area contributed by atoms with Crippen molar-refractivity contribution < 1.29 is 9.59 Å². The summed E-state index contributed by atoms with van der Waals surface area (Å²) in [7, 11) is 0. The second kappa shape index (κ2) is 7.38. The smallest absolute Gasteiger partial charge is 0.253 e. The van der Waals surface area contributed by atoms with E-state index < -0.39 is 0 Å². The van der Waals surface area contributed by atoms with E-state index in [1.54, 1.807) is 4.90 Å². The number of piperidine rings is 1. The van der Waals surface area contributed by atoms with E-state index in [2.05, 4.69) is 20.5 Å². The lowest BCUT2D eigenvalue weighted by Gasteiger charge is -2.31. The second-order valence-electron chi connectivity index (χ2n) is 6.23. The van der Waals surface area contributed by atoms with Gasteiger partial charge in [0, 0.05) is 24.6 Å². The number of rotatable bonds is 3. The van der Waals surface area contributed by atoms with Crippen LogP contribution in [0.25, 0.3) is 0 Å². The zero-order valence-electron chi connectivity index (χ0n) is 14.4. The molecule has 2 heterocycles. The maximum Gasteiger partial charge on any atom is 0.253 e. The lowest BCUT2D eigenvalue weighted by molar-refractivity contribution is -0.121. The fraction of sp³-hybridized carbons (Fsp3) is 0.389. The lowest BCUT2D eigenvalue weighted by atomic mass is 9.95. The predicted octanol–water partition coefficient (Wildman–Crippen LogP) is 1.98. The number of nitrogens with zero attached hydrogens (tertiary/aromatic N) is 4. The molecule has 0 atom stereocenters. The van der Waals surface area contributed by atoms with Crippen molar-refractivity contribution in [3.05, 3.63) is 47.3 Å². The molecule has 0 saturated carbocycles. The quantitative estimate of drug-likeness (QED) is 0.924. The lowest BCUT2D eigenvalue weighted by Crippen LogP contribution is -2.41. The Balaban J connectivity index is 1.55. The van der Waals surface area contributed by atoms with E-state index in [-0.39, 0.29) is 23.7 Å². The molecule has 0 aliphatic carbocycles. The molecule has 1 N–H and O–H groups in total. The van der Waals surface area contributed by atoms with Crippen LogP contribution >= 0.6 is 0 Å². The van der Waals surface area contributed by atoms with Crippen LogP contribution in [0.15, 0.2) is 30.3 Å². The highest BCUT2D eigenvalue weighted by Crippen LogP contribution is 2.20. The molecule has 130 valence electrons. The highest BCUT2D eigenvalue weighted by atomic mass is 16.2. The van der Waals surface area contributed by atoms with Gasteiger partial charge in [-0.25, -0.2) is 4.98 Å². The number of aromatic nitrogens is 3. The molecule has 7 nitrogen and oxygen atoms in total. The first-order valence-electron chi connectivity index (χ1n) is 8.37. The summed E-state index contributed by atoms with van der Waals surface area (Å²) >= 11 is 0. The molecule has 25 heavy (non-hydrogen) atoms. The van der Waals surface area contributed by atoms with Crippen molar-refractivity contribution in [1.82, 2.24) is 20.1 Å². The number of aryl methyl sites for hydroxylation is 2. The number of benzene rings is 1. The van der Waals surface area contributed by atoms with Crippen molar-refractivity contribution in [3.8, 4) is 0 Å². The number of nitrogens with one attached hydrogen (secondary N) is 1. The van der Waals surface area contributed by atoms with E-state index in [4.69, 9.17) is 0 Å². The summed E-state index contributed by atoms with van der Waals surface area (Å²) in [6.45, 7) is 4.78. The summed E-state index contributed by atoms with van der Waals surface area (Å²) in [6.07, 6.45) is 1.26. The molecule has 0 spiro atoms. The van der Waals surface area contributed by atoms with Gasteiger partial charge in [-0.3, -0.25) is 14.9 Å². The molecule has 2 aromatic rings. The molecule has 1 saturated heterocycles. The van der Waals surface area contributed by atoms with Gasteiger partial charge in [0.1, 0.15) is 0 Å². The highest BCUT2D eigenvalue weighted by Gasteiger charge is 2.28. The van der Waals surface area contributed by atoms with Gasteiger partial charge in [0.25, 0.3) is 5.91 Å². The topological polar surface area (TPSA) is 88.1 Å². The van der Waals surface area contributed by atoms with Crippen LogP contribution in [0.3, 0.4) is 0 Å². The summed E-state index contributed by atoms with van der Waals surface area (Å²) in [4.78, 5) is 30.8. The minimum atomic E-state index is -0.148. The molecular formula is C18H21N5O2. The van der Waals surface area contributed by atoms with Crippen LogP contribution in [0.2, 0.25) is 0 Å². The van der Waals surface area contributed by atoms with Crippen LogP contribution < -0.4 is 5.32 Å². The van der Waals surface area contributed by atoms with Crippen molar-refractivity contribution >= 4 is 17.8 Å². The van der Waals surface area contributed by atoms with Crippen LogP contribution in [0.1, 0.15) is 34.6 Å². The fourth-order valence-electron chi connectivity index (χ4n) is 2.83. The van der Waals surface area contributed by atoms with E-state index in [0.29, 0.717) is 31.5 Å². The van der Waals surface area contributed by atoms with Gasteiger partial charge in [0.15, 0.2) is 0 Å². The Kier molecular flexibility index (Phi) is 5.02. The van der Waals surface area contributed by atoms with Crippen LogP contribution in [0, 0.1) is 19.8 Å². The largest absolute Gasteiger partial charge is 0.339 e. The number of hydrogen-bond donors (Lipinski definition) is 1. The van der Waals surface area contributed by atoms with Gasteiger partial charge in [-0.15, -0.1) is 5.10 Å². The van der Waals surface area contributed by atoms with Crippen LogP contribution in [0.5, 0.6) is 0 Å². The van der Waals surface area contributed by atoms with E-state index >= 15 is 0 Å². The number of amides is 2. The first-order valence-corrected chi connectivity index (χ1v) is 8.37. The van der Waals surface area contributed by atoms with Gasteiger partial charge in [0.05, 0.1) is 11.4 Å². The van der Waals surface area contributed by atoms with Gasteiger partial charge in [-0.1, -0.05) is 18.2 Å². The maximum atomic E-state index is 12.4. The monoisotopic (exact) mass is 339 g/mol. The Morgan fingerprint density at radius 1 is 1.04 bits per heavy atom. The fourth-order valence-corrected chi connectivity index (χ4v) is 2.83. The molecule has 7 heteroatoms. The average Bonchev–Trinajstić information content (AvgIpc) is 2.65. The number of carbonyl (C=O) groups excluding carboxylic acids is 2. The molecule has 3 rings (SSSR count). The first-order chi connectivity index (χ1) is 12.0. The Morgan fingerprint density at radius 2 is 1.72 bits per heavy atom. The summed E-state index contributed by atoms with van der Waals surface area (Å²) in [5.74, 6) is -0.0149. The molecule has 1 aromatic heterocycles. The summed E-state index contributed by atoms with van der Waals surface area (Å²) in [6, 6.07) is 9.21. The van der Waals surface area contributed by atoms with Crippen LogP contribution in [-0.2, 0) is 4.79 Å². The van der Waals surface area contributed by atoms with E-state index in [1.165, 1.54) is 0 Å². The minimum Gasteiger partial charge on any atom is -0.339 e. The zero-order chi connectivity index (χ0) is 17.8. The second-order valence-corrected chi connectivity index (χ2v) is 6.23. The Morgan fingerprint density at radius 3 is 2.36 bits per heavy atom. The van der Waals surface area contributed by atoms with Crippen molar-refractivity contribution in [2.24, 2.45) is 5.92 Å². The zero-order valence-corrected chi connectivity index (χ0v) is 14.4. The Labute approximate surface area is 146 Å². The van der Waals surface area contributed by atoms with Crippen molar-refractivity contribution in [2.75, 3.05) is 18.4 Å². The standard InChI is InChI=1S/C18H21N5O2/c1-12-13(2)21-22-18(19-12)20-16(24)14-8-10-23(11-9-14)17(25)15-6-4-3-5-7-15/h3-7,14H,8-11H2,1-2H3,(H,19,20,22,24). The Bertz CT molecular complexity index is 770. The van der Waals surface area contributed by atoms with Crippen LogP contribution in [0.4, 0.5) is 5.95 Å². The molecule has 1 fully saturated rings. The maximum absolute atomic E-state index is 12.4. The minimum absolute atomic E-state index is 0.0150. The number of anilines is 1. The SMILES string of the molecule is Cc1nnc(NC(=O)C2CCN(C(=O)c3ccccc3)CC2)nc1C. The molecule has 1 aliphatic rings. The number of carbonyl (C=O) groups is 2. The number of hydrogen-bond acceptors (Lipinski definition) is 5. The first kappa shape index (κ1) is 17.0. The summed E-state index contributed by atoms with van der Waals surface area (Å²) < 4.78 is 0. The molecule has 0 bridgehead atoms. The number of likely N-dealkylation sites (tertiary alicyclic amines) is 1. The third-order valence-corrected chi connectivity index (χ3v) is 4.50. The summed E-state index contributed by atoms with van der Waals surface area (Å²) in [5, 5.41) is 10.6. The van der Waals surface area contributed by atoms with Crippen LogP contribution in [-0.4, -0.2) is 45.0 Å². The van der Waals surface area contributed by atoms with Gasteiger partial charge >= 0.3 is 0 Å². The predicted molar refractivity (Wildman–Crippen MR) is 93.0 cm³/mol. The molecular weight excluding hydrogens is 318 g/mol. The molecule has 0 unspecified atom stereocenters. The average molecular weight is 339 g/mol. The van der Waals surface area contributed by atoms with E-state index in [1.807, 2.05) is 44.2 Å². The molecule has 1 aromatic carbocycles. The summed E-state index contributed by atoms with van der Waals surface area (Å²) in [5.41, 5.74) is 2.17. The van der Waals surface area contributed by atoms with E-state index in [9.17, 15) is 9.59 Å². The van der Waals surface area contributed by atoms with Gasteiger partial charge in [-0.05, 0) is 38.8 Å². The molecule has 2 amide bonds. The van der Waals surface area contributed by atoms with Crippen molar-refractivity contribution in [2.45, 2.75) is 26.7 Å². The van der Waals surface area contributed by atoms with E-state index in [0.717, 1.165) is 11.4 Å². The van der Waals surface area contributed by atoms with Gasteiger partial charge in [0.2, 0.25) is 11.9 Å².